The summed E-state index contributed by atoms with van der Waals surface area (Å²) in [5, 5.41) is 3.63. The van der Waals surface area contributed by atoms with E-state index >= 15 is 0 Å². The van der Waals surface area contributed by atoms with Crippen molar-refractivity contribution in [3.05, 3.63) is 78.7 Å². The third kappa shape index (κ3) is 3.56. The van der Waals surface area contributed by atoms with Crippen molar-refractivity contribution in [2.75, 3.05) is 0 Å². The van der Waals surface area contributed by atoms with Gasteiger partial charge in [0.05, 0.1) is 16.9 Å². The molecule has 4 nitrogen and oxygen atoms in total. The Morgan fingerprint density at radius 3 is 2.65 bits per heavy atom. The highest BCUT2D eigenvalue weighted by Gasteiger charge is 2.10. The van der Waals surface area contributed by atoms with E-state index in [1.807, 2.05) is 37.3 Å². The van der Waals surface area contributed by atoms with Crippen LogP contribution in [0.5, 0.6) is 0 Å². The van der Waals surface area contributed by atoms with Crippen LogP contribution in [0.2, 0.25) is 5.02 Å². The van der Waals surface area contributed by atoms with Crippen molar-refractivity contribution in [3.8, 4) is 5.69 Å². The molecule has 0 fully saturated rings. The van der Waals surface area contributed by atoms with Crippen LogP contribution < -0.4 is 5.56 Å². The minimum atomic E-state index is -0.154. The molecule has 0 bridgehead atoms. The highest BCUT2D eigenvalue weighted by molar-refractivity contribution is 14.1. The first-order valence-electron chi connectivity index (χ1n) is 6.92. The first-order valence-corrected chi connectivity index (χ1v) is 8.37. The summed E-state index contributed by atoms with van der Waals surface area (Å²) in [6.07, 6.45) is 1.59. The molecule has 0 saturated carbocycles. The maximum absolute atomic E-state index is 12.6. The molecule has 1 N–H and O–H groups in total. The number of aryl methyl sites for hydroxylation is 1. The van der Waals surface area contributed by atoms with E-state index in [1.54, 1.807) is 24.4 Å². The molecule has 0 amide bonds. The Morgan fingerprint density at radius 1 is 1.22 bits per heavy atom. The molecule has 0 unspecified atom stereocenters. The number of aliphatic imine (C=N–C) groups is 1. The van der Waals surface area contributed by atoms with Crippen molar-refractivity contribution in [1.29, 1.82) is 0 Å². The molecule has 6 heteroatoms. The normalized spacial score (nSPS) is 11.3. The number of halogens is 2. The molecule has 23 heavy (non-hydrogen) atoms. The van der Waals surface area contributed by atoms with E-state index in [2.05, 4.69) is 32.7 Å². The second-order valence-electron chi connectivity index (χ2n) is 5.01. The summed E-state index contributed by atoms with van der Waals surface area (Å²) < 4.78 is 2.61. The van der Waals surface area contributed by atoms with Crippen molar-refractivity contribution < 1.29 is 0 Å². The predicted molar refractivity (Wildman–Crippen MR) is 103 cm³/mol. The molecule has 0 radical (unpaired) electrons. The molecule has 0 saturated heterocycles. The van der Waals surface area contributed by atoms with Gasteiger partial charge in [0.15, 0.2) is 0 Å². The Balaban J connectivity index is 1.98. The Hall–Kier alpha value is -1.86. The number of hydrogen-bond acceptors (Lipinski definition) is 2. The summed E-state index contributed by atoms with van der Waals surface area (Å²) in [4.78, 5) is 16.9. The fraction of sp³-hybridized carbons (Fsp3) is 0.0588. The summed E-state index contributed by atoms with van der Waals surface area (Å²) in [5.74, 6) is 0. The Labute approximate surface area is 152 Å². The Morgan fingerprint density at radius 2 is 1.96 bits per heavy atom. The summed E-state index contributed by atoms with van der Waals surface area (Å²) in [6, 6.07) is 14.9. The molecule has 0 spiro atoms. The summed E-state index contributed by atoms with van der Waals surface area (Å²) in [7, 11) is 0. The number of nitrogens with zero attached hydrogens (tertiary/aromatic N) is 2. The lowest BCUT2D eigenvalue weighted by Crippen LogP contribution is -2.17. The van der Waals surface area contributed by atoms with Crippen LogP contribution in [0.4, 0.5) is 5.69 Å². The van der Waals surface area contributed by atoms with Crippen molar-refractivity contribution in [2.45, 2.75) is 6.92 Å². The van der Waals surface area contributed by atoms with E-state index in [4.69, 9.17) is 11.6 Å². The van der Waals surface area contributed by atoms with Gasteiger partial charge < -0.3 is 0 Å². The first kappa shape index (κ1) is 16.0. The van der Waals surface area contributed by atoms with Gasteiger partial charge in [-0.3, -0.25) is 14.9 Å². The van der Waals surface area contributed by atoms with Crippen molar-refractivity contribution in [2.24, 2.45) is 4.99 Å². The van der Waals surface area contributed by atoms with Crippen molar-refractivity contribution in [1.82, 2.24) is 9.78 Å². The van der Waals surface area contributed by atoms with E-state index in [9.17, 15) is 4.79 Å². The van der Waals surface area contributed by atoms with Crippen molar-refractivity contribution >= 4 is 46.1 Å². The standard InChI is InChI=1S/C17H13ClIN3O/c1-11-16(10-20-14-7-5-13(19)6-8-14)17(23)22(21-11)15-4-2-3-12(18)9-15/h2-10,21H,1H3. The molecule has 2 aromatic carbocycles. The number of H-pyrrole nitrogens is 1. The fourth-order valence-corrected chi connectivity index (χ4v) is 2.72. The number of benzene rings is 2. The number of nitrogens with one attached hydrogen (secondary N) is 1. The van der Waals surface area contributed by atoms with Crippen LogP contribution in [0.1, 0.15) is 11.3 Å². The molecule has 0 aliphatic heterocycles. The van der Waals surface area contributed by atoms with Gasteiger partial charge in [-0.05, 0) is 72.0 Å². The molecule has 0 atom stereocenters. The highest BCUT2D eigenvalue weighted by Crippen LogP contribution is 2.15. The molecule has 116 valence electrons. The quantitative estimate of drug-likeness (QED) is 0.477. The molecular weight excluding hydrogens is 425 g/mol. The zero-order chi connectivity index (χ0) is 16.4. The molecule has 0 aliphatic carbocycles. The Kier molecular flexibility index (Phi) is 4.68. The van der Waals surface area contributed by atoms with Gasteiger partial charge in [-0.25, -0.2) is 4.68 Å². The molecule has 3 aromatic rings. The van der Waals surface area contributed by atoms with E-state index in [0.717, 1.165) is 15.0 Å². The van der Waals surface area contributed by atoms with Crippen LogP contribution in [0.3, 0.4) is 0 Å². The van der Waals surface area contributed by atoms with Crippen LogP contribution in [-0.2, 0) is 0 Å². The SMILES string of the molecule is Cc1[nH]n(-c2cccc(Cl)c2)c(=O)c1C=Nc1ccc(I)cc1. The zero-order valence-electron chi connectivity index (χ0n) is 12.3. The van der Waals surface area contributed by atoms with Gasteiger partial charge in [0, 0.05) is 20.5 Å². The van der Waals surface area contributed by atoms with E-state index in [1.165, 1.54) is 4.68 Å². The number of hydrogen-bond donors (Lipinski definition) is 1. The van der Waals surface area contributed by atoms with Gasteiger partial charge in [-0.2, -0.15) is 0 Å². The summed E-state index contributed by atoms with van der Waals surface area (Å²) >= 11 is 8.23. The molecule has 3 rings (SSSR count). The number of aromatic nitrogens is 2. The van der Waals surface area contributed by atoms with Crippen LogP contribution in [0.25, 0.3) is 5.69 Å². The van der Waals surface area contributed by atoms with Gasteiger partial charge in [0.25, 0.3) is 5.56 Å². The fourth-order valence-electron chi connectivity index (χ4n) is 2.17. The van der Waals surface area contributed by atoms with Gasteiger partial charge in [-0.1, -0.05) is 17.7 Å². The van der Waals surface area contributed by atoms with Gasteiger partial charge in [0.1, 0.15) is 0 Å². The highest BCUT2D eigenvalue weighted by atomic mass is 127. The molecule has 1 aromatic heterocycles. The van der Waals surface area contributed by atoms with Crippen LogP contribution in [0.15, 0.2) is 58.3 Å². The van der Waals surface area contributed by atoms with E-state index in [0.29, 0.717) is 16.3 Å². The average Bonchev–Trinajstić information content (AvgIpc) is 2.82. The molecular formula is C17H13ClIN3O. The lowest BCUT2D eigenvalue weighted by Gasteiger charge is -2.01. The van der Waals surface area contributed by atoms with Gasteiger partial charge in [-0.15, -0.1) is 0 Å². The van der Waals surface area contributed by atoms with E-state index < -0.39 is 0 Å². The lowest BCUT2D eigenvalue weighted by atomic mass is 10.2. The van der Waals surface area contributed by atoms with Crippen LogP contribution in [-0.4, -0.2) is 16.0 Å². The summed E-state index contributed by atoms with van der Waals surface area (Å²) in [6.45, 7) is 1.84. The maximum atomic E-state index is 12.6. The second kappa shape index (κ2) is 6.72. The summed E-state index contributed by atoms with van der Waals surface area (Å²) in [5.41, 5.74) is 2.63. The average molecular weight is 438 g/mol. The minimum Gasteiger partial charge on any atom is -0.295 e. The van der Waals surface area contributed by atoms with E-state index in [-0.39, 0.29) is 5.56 Å². The number of rotatable bonds is 3. The third-order valence-corrected chi connectivity index (χ3v) is 4.31. The largest absolute Gasteiger partial charge is 0.295 e. The minimum absolute atomic E-state index is 0.154. The van der Waals surface area contributed by atoms with Gasteiger partial charge >= 0.3 is 0 Å². The second-order valence-corrected chi connectivity index (χ2v) is 6.69. The number of aromatic amines is 1. The first-order chi connectivity index (χ1) is 11.0. The lowest BCUT2D eigenvalue weighted by molar-refractivity contribution is 0.835. The third-order valence-electron chi connectivity index (χ3n) is 3.35. The zero-order valence-corrected chi connectivity index (χ0v) is 15.2. The molecule has 1 heterocycles. The van der Waals surface area contributed by atoms with Crippen molar-refractivity contribution in [3.63, 3.8) is 0 Å². The van der Waals surface area contributed by atoms with Crippen LogP contribution in [0, 0.1) is 10.5 Å². The van der Waals surface area contributed by atoms with Gasteiger partial charge in [0.2, 0.25) is 0 Å². The monoisotopic (exact) mass is 437 g/mol. The maximum Gasteiger partial charge on any atom is 0.280 e. The predicted octanol–water partition coefficient (Wildman–Crippen LogP) is 4.48. The smallest absolute Gasteiger partial charge is 0.280 e. The Bertz CT molecular complexity index is 926. The topological polar surface area (TPSA) is 50.1 Å². The molecule has 0 aliphatic rings. The van der Waals surface area contributed by atoms with Crippen LogP contribution >= 0.6 is 34.2 Å².